The topological polar surface area (TPSA) is 106 Å². The first-order chi connectivity index (χ1) is 16.1. The van der Waals surface area contributed by atoms with Crippen LogP contribution < -0.4 is 16.4 Å². The molecule has 5 rings (SSSR count). The van der Waals surface area contributed by atoms with Gasteiger partial charge in [0.1, 0.15) is 0 Å². The summed E-state index contributed by atoms with van der Waals surface area (Å²) >= 11 is 0. The first-order valence-electron chi connectivity index (χ1n) is 10.6. The summed E-state index contributed by atoms with van der Waals surface area (Å²) < 4.78 is 0. The normalized spacial score (nSPS) is 17.4. The molecule has 7 heteroatoms. The summed E-state index contributed by atoms with van der Waals surface area (Å²) in [6.45, 7) is 0. The average Bonchev–Trinajstić information content (AvgIpc) is 2.85. The summed E-state index contributed by atoms with van der Waals surface area (Å²) in [6, 6.07) is 15.7. The van der Waals surface area contributed by atoms with E-state index in [0.29, 0.717) is 12.0 Å². The highest BCUT2D eigenvalue weighted by atomic mass is 16.1. The monoisotopic (exact) mass is 434 g/mol. The zero-order valence-electron chi connectivity index (χ0n) is 17.8. The fraction of sp³-hybridized carbons (Fsp3) is 0.0769. The molecule has 0 radical (unpaired) electrons. The summed E-state index contributed by atoms with van der Waals surface area (Å²) in [4.78, 5) is 24.8. The van der Waals surface area contributed by atoms with Crippen LogP contribution in [0.25, 0.3) is 10.9 Å². The van der Waals surface area contributed by atoms with Crippen molar-refractivity contribution in [3.8, 4) is 0 Å². The summed E-state index contributed by atoms with van der Waals surface area (Å²) in [5, 5.41) is 7.93. The number of nitrogens with two attached hydrogens (primary N) is 1. The number of amides is 1. The molecule has 0 saturated heterocycles. The van der Waals surface area contributed by atoms with Crippen molar-refractivity contribution in [2.24, 2.45) is 5.73 Å². The van der Waals surface area contributed by atoms with E-state index in [2.05, 4.69) is 31.7 Å². The summed E-state index contributed by atoms with van der Waals surface area (Å²) in [5.41, 5.74) is 10.2. The zero-order chi connectivity index (χ0) is 22.7. The first-order valence-corrected chi connectivity index (χ1v) is 10.6. The van der Waals surface area contributed by atoms with Gasteiger partial charge < -0.3 is 16.4 Å². The number of benzene rings is 1. The molecule has 0 fully saturated rings. The van der Waals surface area contributed by atoms with Crippen molar-refractivity contribution in [3.05, 3.63) is 109 Å². The molecular weight excluding hydrogens is 412 g/mol. The second kappa shape index (κ2) is 8.55. The Hall–Kier alpha value is -4.52. The minimum Gasteiger partial charge on any atom is -0.371 e. The van der Waals surface area contributed by atoms with Gasteiger partial charge >= 0.3 is 0 Å². The molecule has 0 spiro atoms. The SMILES string of the molecule is NC(=O)C1=CC=CC(Nc2ccnc3ccncc23)(c2ccc(Nc3ccncc3)cc2)C1. The number of primary amides is 1. The molecule has 1 aliphatic rings. The maximum absolute atomic E-state index is 12.1. The van der Waals surface area contributed by atoms with Gasteiger partial charge in [0.05, 0.1) is 11.1 Å². The van der Waals surface area contributed by atoms with E-state index < -0.39 is 11.4 Å². The lowest BCUT2D eigenvalue weighted by Gasteiger charge is -2.36. The van der Waals surface area contributed by atoms with Crippen LogP contribution in [0.5, 0.6) is 0 Å². The molecule has 4 aromatic rings. The summed E-state index contributed by atoms with van der Waals surface area (Å²) in [6.07, 6.45) is 14.9. The maximum Gasteiger partial charge on any atom is 0.244 e. The highest BCUT2D eigenvalue weighted by molar-refractivity contribution is 5.94. The van der Waals surface area contributed by atoms with Gasteiger partial charge in [-0.05, 0) is 42.0 Å². The summed E-state index contributed by atoms with van der Waals surface area (Å²) in [5.74, 6) is -0.428. The van der Waals surface area contributed by atoms with Gasteiger partial charge in [0.2, 0.25) is 5.91 Å². The number of aromatic nitrogens is 3. The van der Waals surface area contributed by atoms with Gasteiger partial charge in [0, 0.05) is 65.4 Å². The van der Waals surface area contributed by atoms with E-state index in [1.807, 2.05) is 54.6 Å². The second-order valence-corrected chi connectivity index (χ2v) is 7.88. The number of hydrogen-bond acceptors (Lipinski definition) is 6. The van der Waals surface area contributed by atoms with Gasteiger partial charge in [-0.1, -0.05) is 30.4 Å². The molecule has 1 amide bonds. The number of nitrogens with one attached hydrogen (secondary N) is 2. The molecule has 0 bridgehead atoms. The second-order valence-electron chi connectivity index (χ2n) is 7.88. The Bertz CT molecular complexity index is 1360. The highest BCUT2D eigenvalue weighted by Crippen LogP contribution is 2.38. The van der Waals surface area contributed by atoms with Gasteiger partial charge in [0.25, 0.3) is 0 Å². The smallest absolute Gasteiger partial charge is 0.244 e. The summed E-state index contributed by atoms with van der Waals surface area (Å²) in [7, 11) is 0. The largest absolute Gasteiger partial charge is 0.371 e. The molecule has 1 aromatic carbocycles. The van der Waals surface area contributed by atoms with Crippen molar-refractivity contribution >= 4 is 33.9 Å². The Kier molecular flexibility index (Phi) is 5.28. The van der Waals surface area contributed by atoms with Crippen molar-refractivity contribution < 1.29 is 4.79 Å². The van der Waals surface area contributed by atoms with Crippen molar-refractivity contribution in [3.63, 3.8) is 0 Å². The fourth-order valence-electron chi connectivity index (χ4n) is 4.06. The van der Waals surface area contributed by atoms with Crippen molar-refractivity contribution in [2.75, 3.05) is 10.6 Å². The number of nitrogens with zero attached hydrogens (tertiary/aromatic N) is 3. The highest BCUT2D eigenvalue weighted by Gasteiger charge is 2.34. The van der Waals surface area contributed by atoms with E-state index in [0.717, 1.165) is 33.5 Å². The predicted molar refractivity (Wildman–Crippen MR) is 130 cm³/mol. The van der Waals surface area contributed by atoms with Crippen LogP contribution in [0.2, 0.25) is 0 Å². The molecule has 162 valence electrons. The molecular formula is C26H22N6O. The molecule has 3 heterocycles. The molecule has 0 saturated carbocycles. The van der Waals surface area contributed by atoms with Crippen molar-refractivity contribution in [1.29, 1.82) is 0 Å². The Morgan fingerprint density at radius 1 is 0.909 bits per heavy atom. The maximum atomic E-state index is 12.1. The number of carbonyl (C=O) groups is 1. The van der Waals surface area contributed by atoms with E-state index in [1.54, 1.807) is 37.1 Å². The van der Waals surface area contributed by atoms with Crippen LogP contribution in [0, 0.1) is 0 Å². The predicted octanol–water partition coefficient (Wildman–Crippen LogP) is 4.45. The number of anilines is 3. The lowest BCUT2D eigenvalue weighted by atomic mass is 9.80. The van der Waals surface area contributed by atoms with Gasteiger partial charge in [-0.3, -0.25) is 19.7 Å². The number of fused-ring (bicyclic) bond motifs is 1. The number of hydrogen-bond donors (Lipinski definition) is 3. The third-order valence-electron chi connectivity index (χ3n) is 5.73. The minimum absolute atomic E-state index is 0.417. The third-order valence-corrected chi connectivity index (χ3v) is 5.73. The van der Waals surface area contributed by atoms with Crippen LogP contribution in [-0.4, -0.2) is 20.9 Å². The average molecular weight is 435 g/mol. The molecule has 4 N–H and O–H groups in total. The number of rotatable bonds is 6. The van der Waals surface area contributed by atoms with Crippen LogP contribution in [0.15, 0.2) is 103 Å². The van der Waals surface area contributed by atoms with E-state index in [4.69, 9.17) is 5.73 Å². The van der Waals surface area contributed by atoms with Gasteiger partial charge in [0.15, 0.2) is 0 Å². The van der Waals surface area contributed by atoms with E-state index in [9.17, 15) is 4.79 Å². The van der Waals surface area contributed by atoms with E-state index in [-0.39, 0.29) is 0 Å². The molecule has 1 aliphatic carbocycles. The van der Waals surface area contributed by atoms with Crippen molar-refractivity contribution in [1.82, 2.24) is 15.0 Å². The Balaban J connectivity index is 1.53. The molecule has 33 heavy (non-hydrogen) atoms. The first kappa shape index (κ1) is 20.4. The quantitative estimate of drug-likeness (QED) is 0.414. The Morgan fingerprint density at radius 2 is 1.67 bits per heavy atom. The van der Waals surface area contributed by atoms with E-state index in [1.165, 1.54) is 0 Å². The van der Waals surface area contributed by atoms with Crippen molar-refractivity contribution in [2.45, 2.75) is 12.0 Å². The molecule has 1 unspecified atom stereocenters. The Morgan fingerprint density at radius 3 is 2.45 bits per heavy atom. The van der Waals surface area contributed by atoms with Gasteiger partial charge in [-0.2, -0.15) is 0 Å². The van der Waals surface area contributed by atoms with Crippen LogP contribution in [-0.2, 0) is 10.3 Å². The fourth-order valence-corrected chi connectivity index (χ4v) is 4.06. The van der Waals surface area contributed by atoms with Crippen LogP contribution in [0.1, 0.15) is 12.0 Å². The lowest BCUT2D eigenvalue weighted by molar-refractivity contribution is -0.114. The lowest BCUT2D eigenvalue weighted by Crippen LogP contribution is -2.37. The van der Waals surface area contributed by atoms with E-state index >= 15 is 0 Å². The molecule has 3 aromatic heterocycles. The number of carbonyl (C=O) groups excluding carboxylic acids is 1. The third kappa shape index (κ3) is 4.16. The number of allylic oxidation sites excluding steroid dienone is 2. The standard InChI is InChI=1S/C26H22N6O/c27-25(33)18-2-1-11-26(16-18,32-24-10-15-30-23-9-14-29-17-22(23)24)19-3-5-20(6-4-19)31-21-7-12-28-13-8-21/h1-15,17H,16H2,(H2,27,33)(H,28,31)(H,30,32). The van der Waals surface area contributed by atoms with Crippen LogP contribution >= 0.6 is 0 Å². The van der Waals surface area contributed by atoms with Crippen LogP contribution in [0.3, 0.4) is 0 Å². The molecule has 1 atom stereocenters. The number of pyridine rings is 3. The molecule has 7 nitrogen and oxygen atoms in total. The zero-order valence-corrected chi connectivity index (χ0v) is 17.8. The van der Waals surface area contributed by atoms with Gasteiger partial charge in [-0.15, -0.1) is 0 Å². The van der Waals surface area contributed by atoms with Crippen LogP contribution in [0.4, 0.5) is 17.1 Å². The molecule has 0 aliphatic heterocycles. The van der Waals surface area contributed by atoms with Gasteiger partial charge in [-0.25, -0.2) is 0 Å². The Labute approximate surface area is 191 Å². The minimum atomic E-state index is -0.668.